The summed E-state index contributed by atoms with van der Waals surface area (Å²) >= 11 is 0. The fraction of sp³-hybridized carbons (Fsp3) is 0.385. The van der Waals surface area contributed by atoms with E-state index in [0.29, 0.717) is 36.2 Å². The fourth-order valence-electron chi connectivity index (χ4n) is 3.99. The second-order valence-corrected chi connectivity index (χ2v) is 8.28. The van der Waals surface area contributed by atoms with Crippen LogP contribution in [0.3, 0.4) is 0 Å². The smallest absolute Gasteiger partial charge is 0.387 e. The number of hydrogen-bond donors (Lipinski definition) is 0. The average molecular weight is 496 g/mol. The molecule has 0 amide bonds. The van der Waals surface area contributed by atoms with Gasteiger partial charge in [0.25, 0.3) is 0 Å². The molecule has 3 aromatic rings. The van der Waals surface area contributed by atoms with Gasteiger partial charge < -0.3 is 18.9 Å². The van der Waals surface area contributed by atoms with Gasteiger partial charge >= 0.3 is 6.61 Å². The summed E-state index contributed by atoms with van der Waals surface area (Å²) in [5, 5.41) is 1.05. The zero-order chi connectivity index (χ0) is 24.9. The largest absolute Gasteiger partial charge is 0.429 e. The SMILES string of the molecule is CCCOC1COC(c2ccc3c(F)c(CCc4cc(F)c(OC(F)F)c(F)c4)ccc3c2)OC1. The molecule has 0 atom stereocenters. The van der Waals surface area contributed by atoms with Gasteiger partial charge in [-0.25, -0.2) is 13.2 Å². The lowest BCUT2D eigenvalue weighted by Crippen LogP contribution is -2.33. The number of benzene rings is 3. The van der Waals surface area contributed by atoms with Crippen LogP contribution in [0.25, 0.3) is 10.8 Å². The normalized spacial score (nSPS) is 18.4. The number of aryl methyl sites for hydroxylation is 2. The molecule has 0 N–H and O–H groups in total. The molecule has 1 aliphatic rings. The van der Waals surface area contributed by atoms with Crippen LogP contribution in [0.15, 0.2) is 42.5 Å². The summed E-state index contributed by atoms with van der Waals surface area (Å²) in [7, 11) is 0. The van der Waals surface area contributed by atoms with Crippen molar-refractivity contribution in [2.45, 2.75) is 45.2 Å². The molecular formula is C26H25F5O4. The maximum Gasteiger partial charge on any atom is 0.387 e. The minimum atomic E-state index is -3.34. The second kappa shape index (κ2) is 11.3. The van der Waals surface area contributed by atoms with E-state index in [-0.39, 0.29) is 24.5 Å². The molecule has 3 aromatic carbocycles. The van der Waals surface area contributed by atoms with E-state index in [1.165, 1.54) is 0 Å². The van der Waals surface area contributed by atoms with Crippen molar-refractivity contribution >= 4 is 10.8 Å². The molecule has 0 saturated carbocycles. The summed E-state index contributed by atoms with van der Waals surface area (Å²) in [5.41, 5.74) is 1.32. The highest BCUT2D eigenvalue weighted by Gasteiger charge is 2.24. The molecule has 0 aliphatic carbocycles. The number of halogens is 5. The van der Waals surface area contributed by atoms with Crippen LogP contribution in [-0.2, 0) is 27.1 Å². The lowest BCUT2D eigenvalue weighted by molar-refractivity contribution is -0.230. The van der Waals surface area contributed by atoms with Crippen molar-refractivity contribution in [3.05, 3.63) is 76.6 Å². The van der Waals surface area contributed by atoms with Gasteiger partial charge in [0.1, 0.15) is 11.9 Å². The highest BCUT2D eigenvalue weighted by atomic mass is 19.3. The van der Waals surface area contributed by atoms with Gasteiger partial charge in [-0.3, -0.25) is 0 Å². The third-order valence-corrected chi connectivity index (χ3v) is 5.70. The number of ether oxygens (including phenoxy) is 4. The van der Waals surface area contributed by atoms with Gasteiger partial charge in [-0.2, -0.15) is 8.78 Å². The maximum absolute atomic E-state index is 15.2. The Morgan fingerprint density at radius 3 is 2.31 bits per heavy atom. The molecule has 1 heterocycles. The minimum absolute atomic E-state index is 0.105. The van der Waals surface area contributed by atoms with Crippen LogP contribution in [0.2, 0.25) is 0 Å². The summed E-state index contributed by atoms with van der Waals surface area (Å²) in [5.74, 6) is -4.04. The third kappa shape index (κ3) is 6.09. The first-order valence-electron chi connectivity index (χ1n) is 11.3. The van der Waals surface area contributed by atoms with E-state index in [0.717, 1.165) is 24.1 Å². The second-order valence-electron chi connectivity index (χ2n) is 8.28. The van der Waals surface area contributed by atoms with Crippen LogP contribution >= 0.6 is 0 Å². The summed E-state index contributed by atoms with van der Waals surface area (Å²) in [6, 6.07) is 10.4. The first kappa shape index (κ1) is 25.3. The van der Waals surface area contributed by atoms with E-state index in [2.05, 4.69) is 4.74 Å². The van der Waals surface area contributed by atoms with Crippen LogP contribution in [0.1, 0.15) is 36.3 Å². The Morgan fingerprint density at radius 1 is 0.943 bits per heavy atom. The monoisotopic (exact) mass is 496 g/mol. The van der Waals surface area contributed by atoms with Crippen LogP contribution in [0.4, 0.5) is 22.0 Å². The first-order chi connectivity index (χ1) is 16.9. The van der Waals surface area contributed by atoms with E-state index < -0.39 is 36.1 Å². The molecule has 35 heavy (non-hydrogen) atoms. The molecule has 1 saturated heterocycles. The predicted octanol–water partition coefficient (Wildman–Crippen LogP) is 6.48. The first-order valence-corrected chi connectivity index (χ1v) is 11.3. The summed E-state index contributed by atoms with van der Waals surface area (Å²) < 4.78 is 88.7. The highest BCUT2D eigenvalue weighted by molar-refractivity contribution is 5.84. The average Bonchev–Trinajstić information content (AvgIpc) is 2.84. The van der Waals surface area contributed by atoms with Crippen molar-refractivity contribution in [2.75, 3.05) is 19.8 Å². The third-order valence-electron chi connectivity index (χ3n) is 5.70. The van der Waals surface area contributed by atoms with Crippen molar-refractivity contribution in [1.29, 1.82) is 0 Å². The Kier molecular flexibility index (Phi) is 8.20. The number of rotatable bonds is 9. The van der Waals surface area contributed by atoms with Crippen molar-refractivity contribution in [3.8, 4) is 5.75 Å². The molecule has 0 radical (unpaired) electrons. The van der Waals surface area contributed by atoms with Gasteiger partial charge in [0.2, 0.25) is 0 Å². The van der Waals surface area contributed by atoms with Gasteiger partial charge in [-0.05, 0) is 54.0 Å². The van der Waals surface area contributed by atoms with Crippen LogP contribution in [0, 0.1) is 17.5 Å². The van der Waals surface area contributed by atoms with E-state index in [4.69, 9.17) is 14.2 Å². The van der Waals surface area contributed by atoms with Crippen molar-refractivity contribution in [3.63, 3.8) is 0 Å². The Balaban J connectivity index is 1.44. The molecule has 0 aromatic heterocycles. The quantitative estimate of drug-likeness (QED) is 0.318. The molecule has 9 heteroatoms. The predicted molar refractivity (Wildman–Crippen MR) is 119 cm³/mol. The van der Waals surface area contributed by atoms with Gasteiger partial charge in [-0.15, -0.1) is 0 Å². The molecular weight excluding hydrogens is 471 g/mol. The van der Waals surface area contributed by atoms with Gasteiger partial charge in [0.05, 0.1) is 13.2 Å². The molecule has 0 bridgehead atoms. The Morgan fingerprint density at radius 2 is 1.66 bits per heavy atom. The Hall–Kier alpha value is -2.75. The zero-order valence-electron chi connectivity index (χ0n) is 19.0. The van der Waals surface area contributed by atoms with Crippen LogP contribution in [0.5, 0.6) is 5.75 Å². The lowest BCUT2D eigenvalue weighted by Gasteiger charge is -2.29. The fourth-order valence-corrected chi connectivity index (χ4v) is 3.99. The van der Waals surface area contributed by atoms with Gasteiger partial charge in [0.15, 0.2) is 23.7 Å². The van der Waals surface area contributed by atoms with E-state index in [1.54, 1.807) is 30.3 Å². The topological polar surface area (TPSA) is 36.9 Å². The Labute approximate surface area is 199 Å². The number of alkyl halides is 2. The maximum atomic E-state index is 15.2. The van der Waals surface area contributed by atoms with Gasteiger partial charge in [-0.1, -0.05) is 31.2 Å². The van der Waals surface area contributed by atoms with E-state index in [1.807, 2.05) is 6.92 Å². The highest BCUT2D eigenvalue weighted by Crippen LogP contribution is 2.30. The Bertz CT molecular complexity index is 1140. The molecule has 4 nitrogen and oxygen atoms in total. The molecule has 0 unspecified atom stereocenters. The van der Waals surface area contributed by atoms with E-state index in [9.17, 15) is 17.6 Å². The van der Waals surface area contributed by atoms with Crippen LogP contribution < -0.4 is 4.74 Å². The van der Waals surface area contributed by atoms with Crippen LogP contribution in [-0.4, -0.2) is 32.5 Å². The van der Waals surface area contributed by atoms with Crippen molar-refractivity contribution < 1.29 is 40.9 Å². The summed E-state index contributed by atoms with van der Waals surface area (Å²) in [6.07, 6.45) is 0.501. The lowest BCUT2D eigenvalue weighted by atomic mass is 9.98. The summed E-state index contributed by atoms with van der Waals surface area (Å²) in [6.45, 7) is 0.143. The van der Waals surface area contributed by atoms with Crippen molar-refractivity contribution in [2.24, 2.45) is 0 Å². The van der Waals surface area contributed by atoms with Crippen molar-refractivity contribution in [1.82, 2.24) is 0 Å². The number of fused-ring (bicyclic) bond motifs is 1. The van der Waals surface area contributed by atoms with Gasteiger partial charge in [0, 0.05) is 17.6 Å². The molecule has 4 rings (SSSR count). The molecule has 188 valence electrons. The molecule has 1 aliphatic heterocycles. The summed E-state index contributed by atoms with van der Waals surface area (Å²) in [4.78, 5) is 0. The van der Waals surface area contributed by atoms with E-state index >= 15 is 4.39 Å². The minimum Gasteiger partial charge on any atom is -0.429 e. The molecule has 0 spiro atoms. The standard InChI is InChI=1S/C26H25F5O4/c1-2-9-32-19-13-33-25(34-14-19)18-7-8-20-17(12-18)6-5-16(23(20)29)4-3-15-10-21(27)24(22(28)11-15)35-26(30)31/h5-8,10-12,19,25-26H,2-4,9,13-14H2,1H3. The zero-order valence-corrected chi connectivity index (χ0v) is 19.0. The molecule has 1 fully saturated rings. The number of hydrogen-bond acceptors (Lipinski definition) is 4.